The summed E-state index contributed by atoms with van der Waals surface area (Å²) in [6, 6.07) is 14.0. The predicted molar refractivity (Wildman–Crippen MR) is 129 cm³/mol. The third-order valence-electron chi connectivity index (χ3n) is 6.04. The molecule has 3 rings (SSSR count). The zero-order valence-electron chi connectivity index (χ0n) is 19.8. The molecule has 1 fully saturated rings. The Bertz CT molecular complexity index is 1010. The van der Waals surface area contributed by atoms with Crippen LogP contribution in [0.2, 0.25) is 0 Å². The Balaban J connectivity index is 1.56. The van der Waals surface area contributed by atoms with Crippen LogP contribution < -0.4 is 9.47 Å². The van der Waals surface area contributed by atoms with Crippen molar-refractivity contribution in [3.05, 3.63) is 71.8 Å². The lowest BCUT2D eigenvalue weighted by Gasteiger charge is -2.27. The minimum atomic E-state index is -0.462. The van der Waals surface area contributed by atoms with Crippen LogP contribution in [0.5, 0.6) is 11.5 Å². The zero-order valence-corrected chi connectivity index (χ0v) is 19.8. The van der Waals surface area contributed by atoms with Gasteiger partial charge in [0.25, 0.3) is 0 Å². The Morgan fingerprint density at radius 1 is 1.00 bits per heavy atom. The van der Waals surface area contributed by atoms with Crippen molar-refractivity contribution >= 4 is 17.7 Å². The Morgan fingerprint density at radius 2 is 1.76 bits per heavy atom. The second-order valence-electron chi connectivity index (χ2n) is 8.37. The second-order valence-corrected chi connectivity index (χ2v) is 8.37. The van der Waals surface area contributed by atoms with Crippen molar-refractivity contribution in [2.45, 2.75) is 45.4 Å². The third kappa shape index (κ3) is 7.04. The van der Waals surface area contributed by atoms with Crippen molar-refractivity contribution in [3.63, 3.8) is 0 Å². The molecule has 1 saturated carbocycles. The SMILES string of the molecule is CCOC(=O)C1CCCCC1/C=C/C(=O)CCc1ccc(OC(=O)c2ccccc2)c(OC)c1. The molecule has 6 heteroatoms. The number of benzene rings is 2. The van der Waals surface area contributed by atoms with Gasteiger partial charge in [-0.2, -0.15) is 0 Å². The van der Waals surface area contributed by atoms with Gasteiger partial charge in [-0.1, -0.05) is 43.2 Å². The van der Waals surface area contributed by atoms with Crippen LogP contribution >= 0.6 is 0 Å². The fourth-order valence-electron chi connectivity index (χ4n) is 4.20. The van der Waals surface area contributed by atoms with E-state index in [1.165, 1.54) is 7.11 Å². The molecule has 0 aromatic heterocycles. The standard InChI is InChI=1S/C28H32O6/c1-3-33-28(31)24-12-8-7-9-21(24)15-17-23(29)16-13-20-14-18-25(26(19-20)32-2)34-27(30)22-10-5-4-6-11-22/h4-6,10-11,14-15,17-19,21,24H,3,7-9,12-13,16H2,1-2H3/b17-15+. The molecule has 0 heterocycles. The summed E-state index contributed by atoms with van der Waals surface area (Å²) < 4.78 is 16.1. The van der Waals surface area contributed by atoms with E-state index in [-0.39, 0.29) is 23.6 Å². The van der Waals surface area contributed by atoms with Crippen LogP contribution in [0, 0.1) is 11.8 Å². The van der Waals surface area contributed by atoms with Gasteiger partial charge in [0.2, 0.25) is 0 Å². The van der Waals surface area contributed by atoms with Crippen LogP contribution in [0.25, 0.3) is 0 Å². The monoisotopic (exact) mass is 464 g/mol. The van der Waals surface area contributed by atoms with Crippen molar-refractivity contribution in [1.82, 2.24) is 0 Å². The average molecular weight is 465 g/mol. The van der Waals surface area contributed by atoms with Crippen molar-refractivity contribution in [3.8, 4) is 11.5 Å². The lowest BCUT2D eigenvalue weighted by Crippen LogP contribution is -2.28. The number of rotatable bonds is 10. The van der Waals surface area contributed by atoms with E-state index in [4.69, 9.17) is 14.2 Å². The summed E-state index contributed by atoms with van der Waals surface area (Å²) in [4.78, 5) is 37.0. The van der Waals surface area contributed by atoms with E-state index in [2.05, 4.69) is 0 Å². The molecule has 0 spiro atoms. The molecule has 34 heavy (non-hydrogen) atoms. The van der Waals surface area contributed by atoms with Gasteiger partial charge in [-0.05, 0) is 68.0 Å². The van der Waals surface area contributed by atoms with Crippen LogP contribution in [0.4, 0.5) is 0 Å². The highest BCUT2D eigenvalue weighted by Crippen LogP contribution is 2.32. The molecule has 2 atom stereocenters. The molecule has 2 aromatic rings. The van der Waals surface area contributed by atoms with Crippen LogP contribution in [0.15, 0.2) is 60.7 Å². The molecule has 0 N–H and O–H groups in total. The van der Waals surface area contributed by atoms with Crippen molar-refractivity contribution in [2.24, 2.45) is 11.8 Å². The molecule has 0 bridgehead atoms. The maximum atomic E-state index is 12.5. The summed E-state index contributed by atoms with van der Waals surface area (Å²) in [6.45, 7) is 2.18. The van der Waals surface area contributed by atoms with Gasteiger partial charge in [-0.25, -0.2) is 4.79 Å². The van der Waals surface area contributed by atoms with Gasteiger partial charge in [-0.15, -0.1) is 0 Å². The van der Waals surface area contributed by atoms with Gasteiger partial charge in [0.15, 0.2) is 17.3 Å². The predicted octanol–water partition coefficient (Wildman–Crippen LogP) is 5.34. The first-order chi connectivity index (χ1) is 16.5. The Kier molecular flexibility index (Phi) is 9.44. The number of ketones is 1. The summed E-state index contributed by atoms with van der Waals surface area (Å²) in [5.74, 6) is 0.0356. The summed E-state index contributed by atoms with van der Waals surface area (Å²) in [5, 5.41) is 0. The van der Waals surface area contributed by atoms with Crippen LogP contribution in [0.1, 0.15) is 54.9 Å². The number of carbonyl (C=O) groups excluding carboxylic acids is 3. The second kappa shape index (κ2) is 12.7. The topological polar surface area (TPSA) is 78.9 Å². The van der Waals surface area contributed by atoms with E-state index in [0.29, 0.717) is 36.5 Å². The quantitative estimate of drug-likeness (QED) is 0.268. The van der Waals surface area contributed by atoms with Crippen LogP contribution in [0.3, 0.4) is 0 Å². The number of esters is 2. The van der Waals surface area contributed by atoms with Gasteiger partial charge in [-0.3, -0.25) is 9.59 Å². The molecule has 2 aromatic carbocycles. The number of methoxy groups -OCH3 is 1. The Hall–Kier alpha value is -3.41. The molecular weight excluding hydrogens is 432 g/mol. The van der Waals surface area contributed by atoms with Crippen LogP contribution in [-0.4, -0.2) is 31.4 Å². The molecule has 0 aliphatic heterocycles. The Labute approximate surface area is 200 Å². The Morgan fingerprint density at radius 3 is 2.50 bits per heavy atom. The first-order valence-electron chi connectivity index (χ1n) is 11.8. The average Bonchev–Trinajstić information content (AvgIpc) is 2.87. The van der Waals surface area contributed by atoms with E-state index < -0.39 is 5.97 Å². The third-order valence-corrected chi connectivity index (χ3v) is 6.04. The number of ether oxygens (including phenoxy) is 3. The highest BCUT2D eigenvalue weighted by Gasteiger charge is 2.30. The number of hydrogen-bond donors (Lipinski definition) is 0. The first-order valence-corrected chi connectivity index (χ1v) is 11.8. The van der Waals surface area contributed by atoms with E-state index in [1.54, 1.807) is 42.5 Å². The minimum Gasteiger partial charge on any atom is -0.493 e. The number of allylic oxidation sites excluding steroid dienone is 2. The first kappa shape index (κ1) is 25.2. The molecular formula is C28H32O6. The molecule has 0 radical (unpaired) electrons. The molecule has 2 unspecified atom stereocenters. The number of carbonyl (C=O) groups is 3. The summed E-state index contributed by atoms with van der Waals surface area (Å²) in [5.41, 5.74) is 1.36. The maximum absolute atomic E-state index is 12.5. The molecule has 0 amide bonds. The van der Waals surface area contributed by atoms with E-state index in [0.717, 1.165) is 31.2 Å². The van der Waals surface area contributed by atoms with Crippen molar-refractivity contribution in [1.29, 1.82) is 0 Å². The van der Waals surface area contributed by atoms with E-state index in [1.807, 2.05) is 25.1 Å². The summed E-state index contributed by atoms with van der Waals surface area (Å²) in [6.07, 6.45) is 8.13. The van der Waals surface area contributed by atoms with Gasteiger partial charge in [0, 0.05) is 6.42 Å². The fourth-order valence-corrected chi connectivity index (χ4v) is 4.20. The zero-order chi connectivity index (χ0) is 24.3. The molecule has 0 saturated heterocycles. The van der Waals surface area contributed by atoms with Gasteiger partial charge >= 0.3 is 11.9 Å². The largest absolute Gasteiger partial charge is 0.493 e. The van der Waals surface area contributed by atoms with E-state index in [9.17, 15) is 14.4 Å². The lowest BCUT2D eigenvalue weighted by atomic mass is 9.79. The van der Waals surface area contributed by atoms with Gasteiger partial charge in [0.1, 0.15) is 0 Å². The van der Waals surface area contributed by atoms with Gasteiger partial charge in [0.05, 0.1) is 25.2 Å². The molecule has 6 nitrogen and oxygen atoms in total. The molecule has 180 valence electrons. The lowest BCUT2D eigenvalue weighted by molar-refractivity contribution is -0.150. The van der Waals surface area contributed by atoms with Crippen molar-refractivity contribution in [2.75, 3.05) is 13.7 Å². The highest BCUT2D eigenvalue weighted by molar-refractivity contribution is 5.91. The maximum Gasteiger partial charge on any atom is 0.343 e. The number of aryl methyl sites for hydroxylation is 1. The smallest absolute Gasteiger partial charge is 0.343 e. The van der Waals surface area contributed by atoms with E-state index >= 15 is 0 Å². The molecule has 1 aliphatic carbocycles. The van der Waals surface area contributed by atoms with Crippen LogP contribution in [-0.2, 0) is 20.7 Å². The summed E-state index contributed by atoms with van der Waals surface area (Å²) in [7, 11) is 1.51. The molecule has 1 aliphatic rings. The van der Waals surface area contributed by atoms with Gasteiger partial charge < -0.3 is 14.2 Å². The normalized spacial score (nSPS) is 17.8. The highest BCUT2D eigenvalue weighted by atomic mass is 16.6. The number of hydrogen-bond acceptors (Lipinski definition) is 6. The summed E-state index contributed by atoms with van der Waals surface area (Å²) >= 11 is 0. The van der Waals surface area contributed by atoms with Crippen molar-refractivity contribution < 1.29 is 28.6 Å². The minimum absolute atomic E-state index is 0.00623. The fraction of sp³-hybridized carbons (Fsp3) is 0.393.